The normalized spacial score (nSPS) is 19.1. The van der Waals surface area contributed by atoms with Gasteiger partial charge >= 0.3 is 0 Å². The lowest BCUT2D eigenvalue weighted by Crippen LogP contribution is -2.51. The fourth-order valence-corrected chi connectivity index (χ4v) is 2.45. The molecule has 2 rings (SSSR count). The zero-order chi connectivity index (χ0) is 14.8. The summed E-state index contributed by atoms with van der Waals surface area (Å²) in [5.74, 6) is -6.01. The van der Waals surface area contributed by atoms with E-state index in [1.165, 1.54) is 11.0 Å². The molecule has 1 atom stereocenters. The highest BCUT2D eigenvalue weighted by atomic mass is 19.3. The van der Waals surface area contributed by atoms with Crippen molar-refractivity contribution in [3.63, 3.8) is 0 Å². The number of hydrogen-bond acceptors (Lipinski definition) is 3. The molecule has 0 radical (unpaired) electrons. The molecule has 0 saturated carbocycles. The molecular formula is C13H16F4N2O. The lowest BCUT2D eigenvalue weighted by Gasteiger charge is -2.38. The minimum absolute atomic E-state index is 0.274. The van der Waals surface area contributed by atoms with Gasteiger partial charge in [0, 0.05) is 31.7 Å². The highest BCUT2D eigenvalue weighted by Crippen LogP contribution is 2.38. The third kappa shape index (κ3) is 2.94. The van der Waals surface area contributed by atoms with E-state index in [9.17, 15) is 17.6 Å². The standard InChI is InChI=1S/C13H16F4N2O/c14-10-3-1-2-9(11(10)15)12(13(16,17)8-20)19-6-4-18-5-7-19/h1-3,12,18,20H,4-8H2/t12-/m1/s1. The van der Waals surface area contributed by atoms with Crippen molar-refractivity contribution in [3.05, 3.63) is 35.4 Å². The van der Waals surface area contributed by atoms with Crippen LogP contribution in [0.5, 0.6) is 0 Å². The predicted molar refractivity (Wildman–Crippen MR) is 65.6 cm³/mol. The van der Waals surface area contributed by atoms with E-state index in [0.29, 0.717) is 13.1 Å². The smallest absolute Gasteiger partial charge is 0.290 e. The summed E-state index contributed by atoms with van der Waals surface area (Å²) < 4.78 is 55.1. The summed E-state index contributed by atoms with van der Waals surface area (Å²) in [6.07, 6.45) is 0. The van der Waals surface area contributed by atoms with Gasteiger partial charge in [0.25, 0.3) is 5.92 Å². The van der Waals surface area contributed by atoms with E-state index in [1.54, 1.807) is 0 Å². The molecule has 1 heterocycles. The number of aliphatic hydroxyl groups is 1. The molecular weight excluding hydrogens is 276 g/mol. The Bertz CT molecular complexity index is 464. The molecule has 0 bridgehead atoms. The lowest BCUT2D eigenvalue weighted by molar-refractivity contribution is -0.119. The predicted octanol–water partition coefficient (Wildman–Crippen LogP) is 1.54. The molecule has 1 saturated heterocycles. The first kappa shape index (κ1) is 15.2. The Kier molecular flexibility index (Phi) is 4.62. The molecule has 0 unspecified atom stereocenters. The molecule has 0 spiro atoms. The third-order valence-electron chi connectivity index (χ3n) is 3.40. The summed E-state index contributed by atoms with van der Waals surface area (Å²) in [5.41, 5.74) is -0.425. The zero-order valence-electron chi connectivity index (χ0n) is 10.8. The van der Waals surface area contributed by atoms with Crippen molar-refractivity contribution in [1.29, 1.82) is 0 Å². The van der Waals surface area contributed by atoms with Gasteiger partial charge in [-0.05, 0) is 6.07 Å². The molecule has 2 N–H and O–H groups in total. The number of benzene rings is 1. The number of aliphatic hydroxyl groups excluding tert-OH is 1. The Balaban J connectivity index is 2.42. The number of nitrogens with one attached hydrogen (secondary N) is 1. The van der Waals surface area contributed by atoms with Crippen LogP contribution in [0.4, 0.5) is 17.6 Å². The molecule has 1 aliphatic rings. The minimum Gasteiger partial charge on any atom is -0.390 e. The van der Waals surface area contributed by atoms with Crippen molar-refractivity contribution in [2.24, 2.45) is 0 Å². The van der Waals surface area contributed by atoms with Crippen molar-refractivity contribution >= 4 is 0 Å². The molecule has 3 nitrogen and oxygen atoms in total. The van der Waals surface area contributed by atoms with Crippen molar-refractivity contribution in [1.82, 2.24) is 10.2 Å². The first-order valence-electron chi connectivity index (χ1n) is 6.34. The summed E-state index contributed by atoms with van der Waals surface area (Å²) in [4.78, 5) is 1.37. The van der Waals surface area contributed by atoms with E-state index < -0.39 is 35.8 Å². The zero-order valence-corrected chi connectivity index (χ0v) is 10.8. The van der Waals surface area contributed by atoms with Gasteiger partial charge in [0.2, 0.25) is 0 Å². The number of hydrogen-bond donors (Lipinski definition) is 2. The van der Waals surface area contributed by atoms with Crippen LogP contribution in [0.2, 0.25) is 0 Å². The Labute approximate surface area is 114 Å². The van der Waals surface area contributed by atoms with Gasteiger partial charge < -0.3 is 10.4 Å². The first-order valence-corrected chi connectivity index (χ1v) is 6.34. The second-order valence-corrected chi connectivity index (χ2v) is 4.75. The van der Waals surface area contributed by atoms with E-state index in [2.05, 4.69) is 5.32 Å². The van der Waals surface area contributed by atoms with Crippen LogP contribution in [0.25, 0.3) is 0 Å². The van der Waals surface area contributed by atoms with Gasteiger partial charge in [0.05, 0.1) is 0 Å². The molecule has 0 aliphatic carbocycles. The Hall–Kier alpha value is -1.18. The largest absolute Gasteiger partial charge is 0.390 e. The van der Waals surface area contributed by atoms with Crippen molar-refractivity contribution < 1.29 is 22.7 Å². The molecule has 20 heavy (non-hydrogen) atoms. The molecule has 0 amide bonds. The molecule has 112 valence electrons. The van der Waals surface area contributed by atoms with Gasteiger partial charge in [0.15, 0.2) is 11.6 Å². The molecule has 1 fully saturated rings. The highest BCUT2D eigenvalue weighted by Gasteiger charge is 2.45. The SMILES string of the molecule is OCC(F)(F)[C@@H](c1cccc(F)c1F)N1CCNCC1. The van der Waals surface area contributed by atoms with Crippen LogP contribution < -0.4 is 5.32 Å². The van der Waals surface area contributed by atoms with Crippen molar-refractivity contribution in [2.75, 3.05) is 32.8 Å². The van der Waals surface area contributed by atoms with Crippen molar-refractivity contribution in [2.45, 2.75) is 12.0 Å². The summed E-state index contributed by atoms with van der Waals surface area (Å²) >= 11 is 0. The Morgan fingerprint density at radius 2 is 1.90 bits per heavy atom. The fraction of sp³-hybridized carbons (Fsp3) is 0.538. The van der Waals surface area contributed by atoms with E-state index >= 15 is 0 Å². The minimum atomic E-state index is -3.55. The van der Waals surface area contributed by atoms with Gasteiger partial charge in [-0.3, -0.25) is 4.90 Å². The second-order valence-electron chi connectivity index (χ2n) is 4.75. The van der Waals surface area contributed by atoms with Crippen LogP contribution in [-0.4, -0.2) is 48.7 Å². The fourth-order valence-electron chi connectivity index (χ4n) is 2.45. The molecule has 1 aromatic rings. The van der Waals surface area contributed by atoms with E-state index in [0.717, 1.165) is 12.1 Å². The van der Waals surface area contributed by atoms with Gasteiger partial charge in [-0.25, -0.2) is 17.6 Å². The van der Waals surface area contributed by atoms with Crippen LogP contribution in [0.15, 0.2) is 18.2 Å². The monoisotopic (exact) mass is 292 g/mol. The lowest BCUT2D eigenvalue weighted by atomic mass is 9.97. The summed E-state index contributed by atoms with van der Waals surface area (Å²) in [6.45, 7) is 0.0911. The maximum atomic E-state index is 14.0. The maximum Gasteiger partial charge on any atom is 0.290 e. The summed E-state index contributed by atoms with van der Waals surface area (Å²) in [5, 5.41) is 11.9. The average Bonchev–Trinajstić information content (AvgIpc) is 2.45. The average molecular weight is 292 g/mol. The van der Waals surface area contributed by atoms with Crippen LogP contribution in [0.1, 0.15) is 11.6 Å². The number of piperazine rings is 1. The maximum absolute atomic E-state index is 14.0. The molecule has 7 heteroatoms. The van der Waals surface area contributed by atoms with E-state index in [-0.39, 0.29) is 13.1 Å². The third-order valence-corrected chi connectivity index (χ3v) is 3.40. The topological polar surface area (TPSA) is 35.5 Å². The van der Waals surface area contributed by atoms with Gasteiger partial charge in [0.1, 0.15) is 12.6 Å². The van der Waals surface area contributed by atoms with Crippen LogP contribution in [0.3, 0.4) is 0 Å². The number of alkyl halides is 2. The number of nitrogens with zero attached hydrogens (tertiary/aromatic N) is 1. The molecule has 1 aliphatic heterocycles. The van der Waals surface area contributed by atoms with Crippen LogP contribution in [0, 0.1) is 11.6 Å². The Morgan fingerprint density at radius 3 is 2.50 bits per heavy atom. The highest BCUT2D eigenvalue weighted by molar-refractivity contribution is 5.25. The first-order chi connectivity index (χ1) is 9.47. The van der Waals surface area contributed by atoms with Gasteiger partial charge in [-0.15, -0.1) is 0 Å². The quantitative estimate of drug-likeness (QED) is 0.826. The van der Waals surface area contributed by atoms with Crippen LogP contribution in [-0.2, 0) is 0 Å². The summed E-state index contributed by atoms with van der Waals surface area (Å²) in [6, 6.07) is 1.53. The summed E-state index contributed by atoms with van der Waals surface area (Å²) in [7, 11) is 0. The van der Waals surface area contributed by atoms with E-state index in [4.69, 9.17) is 5.11 Å². The number of rotatable bonds is 4. The van der Waals surface area contributed by atoms with Crippen LogP contribution >= 0.6 is 0 Å². The molecule has 0 aromatic heterocycles. The van der Waals surface area contributed by atoms with E-state index in [1.807, 2.05) is 0 Å². The van der Waals surface area contributed by atoms with Gasteiger partial charge in [-0.1, -0.05) is 12.1 Å². The molecule has 1 aromatic carbocycles. The number of halogens is 4. The second kappa shape index (κ2) is 6.07. The Morgan fingerprint density at radius 1 is 1.25 bits per heavy atom. The van der Waals surface area contributed by atoms with Gasteiger partial charge in [-0.2, -0.15) is 0 Å². The van der Waals surface area contributed by atoms with Crippen molar-refractivity contribution in [3.8, 4) is 0 Å².